The van der Waals surface area contributed by atoms with Gasteiger partial charge in [-0.1, -0.05) is 0 Å². The Morgan fingerprint density at radius 2 is 1.78 bits per heavy atom. The zero-order chi connectivity index (χ0) is 17.0. The Bertz CT molecular complexity index is 715. The molecular weight excluding hydrogens is 319 g/mol. The molecule has 2 fully saturated rings. The van der Waals surface area contributed by atoms with Gasteiger partial charge < -0.3 is 14.0 Å². The Morgan fingerprint density at radius 3 is 2.26 bits per heavy atom. The molecule has 126 valence electrons. The Morgan fingerprint density at radius 1 is 1.22 bits per heavy atom. The summed E-state index contributed by atoms with van der Waals surface area (Å²) >= 11 is 0. The molecule has 9 heteroatoms. The maximum Gasteiger partial charge on any atom is 0.500 e. The van der Waals surface area contributed by atoms with Crippen molar-refractivity contribution in [1.29, 1.82) is 0 Å². The first kappa shape index (κ1) is 16.7. The van der Waals surface area contributed by atoms with Gasteiger partial charge in [0, 0.05) is 11.7 Å². The van der Waals surface area contributed by atoms with Crippen LogP contribution < -0.4 is 15.3 Å². The molecule has 0 spiro atoms. The first-order valence-corrected chi connectivity index (χ1v) is 9.09. The van der Waals surface area contributed by atoms with Crippen LogP contribution in [0.25, 0.3) is 0 Å². The Hall–Kier alpha value is -1.16. The van der Waals surface area contributed by atoms with E-state index >= 15 is 0 Å². The second-order valence-corrected chi connectivity index (χ2v) is 8.54. The smallest absolute Gasteiger partial charge is 0.489 e. The standard InChI is InChI=1S/C14H21BN2O5S/c1-13(2)14(3,4)22-15(21-13)10-7-17-8-11(23(16,18)19)12(10)20-9-5-6-9/h7-9H,5-6H2,1-4H3,(H2,16,18,19). The molecule has 1 aromatic heterocycles. The highest BCUT2D eigenvalue weighted by molar-refractivity contribution is 7.89. The zero-order valence-electron chi connectivity index (χ0n) is 13.7. The summed E-state index contributed by atoms with van der Waals surface area (Å²) < 4.78 is 41.5. The van der Waals surface area contributed by atoms with Crippen molar-refractivity contribution in [3.63, 3.8) is 0 Å². The zero-order valence-corrected chi connectivity index (χ0v) is 14.5. The minimum atomic E-state index is -3.96. The summed E-state index contributed by atoms with van der Waals surface area (Å²) in [5.74, 6) is 0.184. The number of nitrogens with zero attached hydrogens (tertiary/aromatic N) is 1. The normalized spacial score (nSPS) is 23.1. The van der Waals surface area contributed by atoms with Gasteiger partial charge in [-0.2, -0.15) is 0 Å². The summed E-state index contributed by atoms with van der Waals surface area (Å²) in [6, 6.07) is 0. The number of primary sulfonamides is 1. The number of aromatic nitrogens is 1. The van der Waals surface area contributed by atoms with Crippen LogP contribution in [0.1, 0.15) is 40.5 Å². The van der Waals surface area contributed by atoms with Crippen molar-refractivity contribution in [2.75, 3.05) is 0 Å². The summed E-state index contributed by atoms with van der Waals surface area (Å²) in [6.07, 6.45) is 4.47. The fourth-order valence-electron chi connectivity index (χ4n) is 2.26. The van der Waals surface area contributed by atoms with Gasteiger partial charge in [0.1, 0.15) is 10.6 Å². The molecule has 3 rings (SSSR count). The van der Waals surface area contributed by atoms with Crippen molar-refractivity contribution < 1.29 is 22.5 Å². The number of sulfonamides is 1. The number of nitrogens with two attached hydrogens (primary N) is 1. The van der Waals surface area contributed by atoms with E-state index in [1.54, 1.807) is 0 Å². The minimum absolute atomic E-state index is 0.000858. The van der Waals surface area contributed by atoms with Gasteiger partial charge in [0.2, 0.25) is 10.0 Å². The Balaban J connectivity index is 2.06. The predicted molar refractivity (Wildman–Crippen MR) is 85.0 cm³/mol. The van der Waals surface area contributed by atoms with Crippen molar-refractivity contribution >= 4 is 22.6 Å². The Kier molecular flexibility index (Phi) is 3.75. The van der Waals surface area contributed by atoms with Gasteiger partial charge in [0.25, 0.3) is 0 Å². The first-order valence-electron chi connectivity index (χ1n) is 7.54. The number of hydrogen-bond donors (Lipinski definition) is 1. The van der Waals surface area contributed by atoms with Crippen LogP contribution in [0.15, 0.2) is 17.3 Å². The van der Waals surface area contributed by atoms with Crippen LogP contribution in [0.4, 0.5) is 0 Å². The van der Waals surface area contributed by atoms with Gasteiger partial charge in [0.05, 0.1) is 23.5 Å². The summed E-state index contributed by atoms with van der Waals surface area (Å²) in [5.41, 5.74) is -0.653. The molecule has 0 aromatic carbocycles. The molecule has 7 nitrogen and oxygen atoms in total. The lowest BCUT2D eigenvalue weighted by Gasteiger charge is -2.32. The third-order valence-corrected chi connectivity index (χ3v) is 5.42. The third-order valence-electron chi connectivity index (χ3n) is 4.51. The molecule has 0 amide bonds. The molecule has 0 unspecified atom stereocenters. The average molecular weight is 340 g/mol. The van der Waals surface area contributed by atoms with E-state index in [0.717, 1.165) is 12.8 Å². The molecule has 1 saturated carbocycles. The van der Waals surface area contributed by atoms with Crippen LogP contribution in [0, 0.1) is 0 Å². The maximum atomic E-state index is 11.9. The van der Waals surface area contributed by atoms with E-state index in [1.165, 1.54) is 12.4 Å². The van der Waals surface area contributed by atoms with E-state index < -0.39 is 28.3 Å². The number of ether oxygens (including phenoxy) is 1. The number of rotatable bonds is 4. The summed E-state index contributed by atoms with van der Waals surface area (Å²) in [4.78, 5) is 3.84. The van der Waals surface area contributed by atoms with Crippen molar-refractivity contribution in [3.05, 3.63) is 12.4 Å². The highest BCUT2D eigenvalue weighted by Gasteiger charge is 2.53. The van der Waals surface area contributed by atoms with Crippen LogP contribution in [-0.2, 0) is 19.3 Å². The monoisotopic (exact) mass is 340 g/mol. The lowest BCUT2D eigenvalue weighted by atomic mass is 9.79. The molecule has 1 aliphatic heterocycles. The minimum Gasteiger partial charge on any atom is -0.489 e. The number of hydrogen-bond acceptors (Lipinski definition) is 6. The lowest BCUT2D eigenvalue weighted by molar-refractivity contribution is 0.00578. The maximum absolute atomic E-state index is 11.9. The highest BCUT2D eigenvalue weighted by Crippen LogP contribution is 2.38. The van der Waals surface area contributed by atoms with E-state index in [0.29, 0.717) is 5.46 Å². The molecule has 0 radical (unpaired) electrons. The van der Waals surface area contributed by atoms with Crippen molar-refractivity contribution in [1.82, 2.24) is 4.98 Å². The van der Waals surface area contributed by atoms with Gasteiger partial charge >= 0.3 is 7.12 Å². The van der Waals surface area contributed by atoms with Crippen molar-refractivity contribution in [3.8, 4) is 5.75 Å². The Labute approximate surface area is 136 Å². The molecular formula is C14H21BN2O5S. The van der Waals surface area contributed by atoms with E-state index in [1.807, 2.05) is 27.7 Å². The molecule has 1 saturated heterocycles. The van der Waals surface area contributed by atoms with Crippen LogP contribution in [0.2, 0.25) is 0 Å². The lowest BCUT2D eigenvalue weighted by Crippen LogP contribution is -2.41. The van der Waals surface area contributed by atoms with E-state index in [2.05, 4.69) is 4.98 Å². The molecule has 1 aliphatic carbocycles. The van der Waals surface area contributed by atoms with Crippen LogP contribution in [0.5, 0.6) is 5.75 Å². The van der Waals surface area contributed by atoms with Gasteiger partial charge in [-0.25, -0.2) is 13.6 Å². The van der Waals surface area contributed by atoms with Gasteiger partial charge in [-0.3, -0.25) is 4.98 Å². The predicted octanol–water partition coefficient (Wildman–Crippen LogP) is 0.569. The third kappa shape index (κ3) is 3.10. The molecule has 2 heterocycles. The molecule has 2 aliphatic rings. The fraction of sp³-hybridized carbons (Fsp3) is 0.643. The fourth-order valence-corrected chi connectivity index (χ4v) is 2.90. The van der Waals surface area contributed by atoms with Crippen LogP contribution >= 0.6 is 0 Å². The SMILES string of the molecule is CC1(C)OB(c2cncc(S(N)(=O)=O)c2OC2CC2)OC1(C)C. The van der Waals surface area contributed by atoms with Crippen molar-refractivity contribution in [2.24, 2.45) is 5.14 Å². The second-order valence-electron chi connectivity index (χ2n) is 7.01. The second kappa shape index (κ2) is 5.17. The highest BCUT2D eigenvalue weighted by atomic mass is 32.2. The van der Waals surface area contributed by atoms with Gasteiger partial charge in [0.15, 0.2) is 0 Å². The summed E-state index contributed by atoms with van der Waals surface area (Å²) in [7, 11) is -4.72. The van der Waals surface area contributed by atoms with Crippen LogP contribution in [-0.4, -0.2) is 37.8 Å². The van der Waals surface area contributed by atoms with E-state index in [4.69, 9.17) is 19.2 Å². The van der Waals surface area contributed by atoms with Gasteiger partial charge in [-0.05, 0) is 40.5 Å². The first-order chi connectivity index (χ1) is 10.5. The molecule has 0 atom stereocenters. The summed E-state index contributed by atoms with van der Waals surface area (Å²) in [6.45, 7) is 7.69. The largest absolute Gasteiger partial charge is 0.500 e. The molecule has 1 aromatic rings. The van der Waals surface area contributed by atoms with Crippen molar-refractivity contribution in [2.45, 2.75) is 62.7 Å². The molecule has 2 N–H and O–H groups in total. The number of pyridine rings is 1. The van der Waals surface area contributed by atoms with E-state index in [9.17, 15) is 8.42 Å². The van der Waals surface area contributed by atoms with Gasteiger partial charge in [-0.15, -0.1) is 0 Å². The summed E-state index contributed by atoms with van der Waals surface area (Å²) in [5, 5.41) is 5.30. The topological polar surface area (TPSA) is 101 Å². The molecule has 23 heavy (non-hydrogen) atoms. The van der Waals surface area contributed by atoms with E-state index in [-0.39, 0.29) is 16.7 Å². The average Bonchev–Trinajstić information content (AvgIpc) is 3.16. The quantitative estimate of drug-likeness (QED) is 0.804. The van der Waals surface area contributed by atoms with Crippen LogP contribution in [0.3, 0.4) is 0 Å². The molecule has 0 bridgehead atoms.